The van der Waals surface area contributed by atoms with Crippen LogP contribution in [0.5, 0.6) is 0 Å². The van der Waals surface area contributed by atoms with Gasteiger partial charge in [-0.15, -0.1) is 0 Å². The van der Waals surface area contributed by atoms with Crippen LogP contribution in [-0.4, -0.2) is 16.0 Å². The summed E-state index contributed by atoms with van der Waals surface area (Å²) in [5, 5.41) is 7.53. The second kappa shape index (κ2) is 9.31. The molecule has 1 unspecified atom stereocenters. The molecule has 0 saturated heterocycles. The Hall–Kier alpha value is -2.68. The Balaban J connectivity index is 1.67. The van der Waals surface area contributed by atoms with E-state index >= 15 is 0 Å². The smallest absolute Gasteiger partial charge is 0.140 e. The molecule has 27 heavy (non-hydrogen) atoms. The molecule has 0 aliphatic carbocycles. The lowest BCUT2D eigenvalue weighted by Gasteiger charge is -2.13. The van der Waals surface area contributed by atoms with E-state index < -0.39 is 0 Å². The topological polar surface area (TPSA) is 45.8 Å². The van der Waals surface area contributed by atoms with Crippen molar-refractivity contribution in [3.05, 3.63) is 66.2 Å². The van der Waals surface area contributed by atoms with Crippen molar-refractivity contribution < 1.29 is 4.79 Å². The predicted octanol–water partition coefficient (Wildman–Crippen LogP) is 6.07. The fraction of sp³-hybridized carbons (Fsp3) is 0.333. The second-order valence-corrected chi connectivity index (χ2v) is 7.12. The molecule has 0 spiro atoms. The normalized spacial score (nSPS) is 12.1. The molecule has 1 atom stereocenters. The zero-order valence-electron chi connectivity index (χ0n) is 16.2. The third kappa shape index (κ3) is 4.94. The highest BCUT2D eigenvalue weighted by Gasteiger charge is 2.16. The molecule has 0 bridgehead atoms. The van der Waals surface area contributed by atoms with Crippen LogP contribution in [0.15, 0.2) is 60.7 Å². The SMILES string of the molecule is CCCCC(CC)C(=O)Cc1ccc(-c2cc(-c3ccccc3)n[nH]2)cc1. The average Bonchev–Trinajstić information content (AvgIpc) is 3.20. The summed E-state index contributed by atoms with van der Waals surface area (Å²) >= 11 is 0. The van der Waals surface area contributed by atoms with Gasteiger partial charge in [0.25, 0.3) is 0 Å². The molecule has 0 amide bonds. The minimum Gasteiger partial charge on any atom is -0.299 e. The van der Waals surface area contributed by atoms with Gasteiger partial charge in [-0.05, 0) is 30.0 Å². The Bertz CT molecular complexity index is 850. The van der Waals surface area contributed by atoms with Gasteiger partial charge in [-0.25, -0.2) is 0 Å². The predicted molar refractivity (Wildman–Crippen MR) is 111 cm³/mol. The van der Waals surface area contributed by atoms with Crippen LogP contribution in [0.25, 0.3) is 22.5 Å². The second-order valence-electron chi connectivity index (χ2n) is 7.12. The van der Waals surface area contributed by atoms with Crippen LogP contribution in [0.3, 0.4) is 0 Å². The van der Waals surface area contributed by atoms with Gasteiger partial charge < -0.3 is 0 Å². The molecule has 3 rings (SSSR count). The van der Waals surface area contributed by atoms with Gasteiger partial charge in [0.1, 0.15) is 5.78 Å². The Morgan fingerprint density at radius 1 is 1.00 bits per heavy atom. The molecule has 3 heteroatoms. The zero-order chi connectivity index (χ0) is 19.1. The highest BCUT2D eigenvalue weighted by molar-refractivity contribution is 5.83. The number of aromatic amines is 1. The zero-order valence-corrected chi connectivity index (χ0v) is 16.2. The van der Waals surface area contributed by atoms with Crippen LogP contribution >= 0.6 is 0 Å². The van der Waals surface area contributed by atoms with Gasteiger partial charge in [-0.2, -0.15) is 5.10 Å². The number of carbonyl (C=O) groups excluding carboxylic acids is 1. The molecular formula is C24H28N2O. The maximum absolute atomic E-state index is 12.5. The number of nitrogens with one attached hydrogen (secondary N) is 1. The number of benzene rings is 2. The van der Waals surface area contributed by atoms with E-state index in [2.05, 4.69) is 66.5 Å². The minimum absolute atomic E-state index is 0.200. The van der Waals surface area contributed by atoms with E-state index in [4.69, 9.17) is 0 Å². The number of aromatic nitrogens is 2. The van der Waals surface area contributed by atoms with Gasteiger partial charge in [-0.1, -0.05) is 81.3 Å². The summed E-state index contributed by atoms with van der Waals surface area (Å²) in [6, 6.07) is 20.4. The standard InChI is InChI=1S/C24H28N2O/c1-3-5-9-19(4-2)24(27)16-18-12-14-21(15-13-18)23-17-22(25-26-23)20-10-7-6-8-11-20/h6-8,10-15,17,19H,3-5,9,16H2,1-2H3,(H,25,26). The number of H-pyrrole nitrogens is 1. The van der Waals surface area contributed by atoms with Crippen LogP contribution in [0.2, 0.25) is 0 Å². The fourth-order valence-electron chi connectivity index (χ4n) is 3.42. The van der Waals surface area contributed by atoms with E-state index in [0.29, 0.717) is 12.2 Å². The van der Waals surface area contributed by atoms with Gasteiger partial charge in [0.15, 0.2) is 0 Å². The lowest BCUT2D eigenvalue weighted by molar-refractivity contribution is -0.122. The van der Waals surface area contributed by atoms with E-state index in [0.717, 1.165) is 53.8 Å². The van der Waals surface area contributed by atoms with Crippen molar-refractivity contribution in [2.75, 3.05) is 0 Å². The van der Waals surface area contributed by atoms with Crippen molar-refractivity contribution in [3.63, 3.8) is 0 Å². The largest absolute Gasteiger partial charge is 0.299 e. The molecule has 2 aromatic carbocycles. The summed E-state index contributed by atoms with van der Waals surface area (Å²) in [6.07, 6.45) is 4.76. The molecule has 1 N–H and O–H groups in total. The first-order chi connectivity index (χ1) is 13.2. The minimum atomic E-state index is 0.200. The molecule has 3 aromatic rings. The molecule has 1 heterocycles. The number of nitrogens with zero attached hydrogens (tertiary/aromatic N) is 1. The van der Waals surface area contributed by atoms with E-state index in [-0.39, 0.29) is 5.92 Å². The summed E-state index contributed by atoms with van der Waals surface area (Å²) in [4.78, 5) is 12.5. The Morgan fingerprint density at radius 3 is 2.41 bits per heavy atom. The summed E-state index contributed by atoms with van der Waals surface area (Å²) < 4.78 is 0. The van der Waals surface area contributed by atoms with Gasteiger partial charge in [0, 0.05) is 17.9 Å². The van der Waals surface area contributed by atoms with Crippen molar-refractivity contribution in [3.8, 4) is 22.5 Å². The molecule has 0 radical (unpaired) electrons. The molecule has 140 valence electrons. The van der Waals surface area contributed by atoms with Crippen LogP contribution in [0.1, 0.15) is 45.1 Å². The number of ketones is 1. The molecule has 0 aliphatic rings. The summed E-state index contributed by atoms with van der Waals surface area (Å²) in [6.45, 7) is 4.29. The highest BCUT2D eigenvalue weighted by atomic mass is 16.1. The summed E-state index contributed by atoms with van der Waals surface area (Å²) in [5.74, 6) is 0.567. The molecule has 1 aromatic heterocycles. The molecule has 0 fully saturated rings. The summed E-state index contributed by atoms with van der Waals surface area (Å²) in [7, 11) is 0. The third-order valence-electron chi connectivity index (χ3n) is 5.14. The maximum Gasteiger partial charge on any atom is 0.140 e. The first-order valence-corrected chi connectivity index (χ1v) is 9.94. The van der Waals surface area contributed by atoms with Gasteiger partial charge in [0.05, 0.1) is 11.4 Å². The highest BCUT2D eigenvalue weighted by Crippen LogP contribution is 2.24. The van der Waals surface area contributed by atoms with Crippen molar-refractivity contribution in [1.82, 2.24) is 10.2 Å². The van der Waals surface area contributed by atoms with Crippen molar-refractivity contribution >= 4 is 5.78 Å². The number of hydrogen-bond acceptors (Lipinski definition) is 2. The maximum atomic E-state index is 12.5. The van der Waals surface area contributed by atoms with Gasteiger partial charge in [-0.3, -0.25) is 9.89 Å². The van der Waals surface area contributed by atoms with Crippen LogP contribution < -0.4 is 0 Å². The molecule has 3 nitrogen and oxygen atoms in total. The average molecular weight is 361 g/mol. The first-order valence-electron chi connectivity index (χ1n) is 9.94. The number of rotatable bonds is 9. The number of hydrogen-bond donors (Lipinski definition) is 1. The van der Waals surface area contributed by atoms with E-state index in [1.807, 2.05) is 18.2 Å². The van der Waals surface area contributed by atoms with Crippen LogP contribution in [0, 0.1) is 5.92 Å². The van der Waals surface area contributed by atoms with E-state index in [1.165, 1.54) is 0 Å². The van der Waals surface area contributed by atoms with Crippen molar-refractivity contribution in [1.29, 1.82) is 0 Å². The first kappa shape index (κ1) is 19.1. The van der Waals surface area contributed by atoms with Crippen molar-refractivity contribution in [2.24, 2.45) is 5.92 Å². The van der Waals surface area contributed by atoms with E-state index in [9.17, 15) is 4.79 Å². The van der Waals surface area contributed by atoms with Crippen molar-refractivity contribution in [2.45, 2.75) is 46.0 Å². The Labute approximate surface area is 161 Å². The van der Waals surface area contributed by atoms with Gasteiger partial charge >= 0.3 is 0 Å². The lowest BCUT2D eigenvalue weighted by atomic mass is 9.91. The Kier molecular flexibility index (Phi) is 6.59. The lowest BCUT2D eigenvalue weighted by Crippen LogP contribution is -2.16. The number of Topliss-reactive ketones (excluding diaryl/α,β-unsaturated/α-hetero) is 1. The molecular weight excluding hydrogens is 332 g/mol. The quantitative estimate of drug-likeness (QED) is 0.503. The number of carbonyl (C=O) groups is 1. The molecule has 0 aliphatic heterocycles. The monoisotopic (exact) mass is 360 g/mol. The third-order valence-corrected chi connectivity index (χ3v) is 5.14. The van der Waals surface area contributed by atoms with Crippen LogP contribution in [-0.2, 0) is 11.2 Å². The van der Waals surface area contributed by atoms with E-state index in [1.54, 1.807) is 0 Å². The summed E-state index contributed by atoms with van der Waals surface area (Å²) in [5.41, 5.74) is 5.19. The van der Waals surface area contributed by atoms with Gasteiger partial charge in [0.2, 0.25) is 0 Å². The Morgan fingerprint density at radius 2 is 1.74 bits per heavy atom. The van der Waals surface area contributed by atoms with Crippen LogP contribution in [0.4, 0.5) is 0 Å². The molecule has 0 saturated carbocycles. The fourth-order valence-corrected chi connectivity index (χ4v) is 3.42. The number of unbranched alkanes of at least 4 members (excludes halogenated alkanes) is 1.